The number of amides is 1. The molecule has 1 aromatic heterocycles. The lowest BCUT2D eigenvalue weighted by Crippen LogP contribution is -2.37. The van der Waals surface area contributed by atoms with Gasteiger partial charge in [-0.15, -0.1) is 0 Å². The minimum absolute atomic E-state index is 0.0815. The lowest BCUT2D eigenvalue weighted by molar-refractivity contribution is -0.123. The third kappa shape index (κ3) is 4.11. The predicted octanol–water partition coefficient (Wildman–Crippen LogP) is 3.39. The molecule has 2 heterocycles. The summed E-state index contributed by atoms with van der Waals surface area (Å²) in [6.45, 7) is 0.200. The molecule has 0 unspecified atom stereocenters. The zero-order valence-corrected chi connectivity index (χ0v) is 15.1. The SMILES string of the molecule is O=C(COc1ccccc1)NC[C@H]1Cc2cc(-c3ccccn3)cc(F)c2O1. The Kier molecular flexibility index (Phi) is 5.19. The van der Waals surface area contributed by atoms with Crippen LogP contribution in [0.4, 0.5) is 4.39 Å². The number of nitrogens with zero attached hydrogens (tertiary/aromatic N) is 1. The van der Waals surface area contributed by atoms with Crippen LogP contribution in [0.2, 0.25) is 0 Å². The van der Waals surface area contributed by atoms with E-state index in [1.807, 2.05) is 42.5 Å². The van der Waals surface area contributed by atoms with E-state index >= 15 is 0 Å². The van der Waals surface area contributed by atoms with Gasteiger partial charge in [0.2, 0.25) is 0 Å². The van der Waals surface area contributed by atoms with Crippen LogP contribution in [0.3, 0.4) is 0 Å². The van der Waals surface area contributed by atoms with Crippen molar-refractivity contribution in [2.75, 3.05) is 13.2 Å². The van der Waals surface area contributed by atoms with E-state index in [-0.39, 0.29) is 30.9 Å². The van der Waals surface area contributed by atoms with Crippen molar-refractivity contribution in [1.82, 2.24) is 10.3 Å². The first kappa shape index (κ1) is 18.0. The standard InChI is InChI=1S/C22H19FN2O3/c23-19-12-15(20-8-4-5-9-24-20)10-16-11-18(28-22(16)19)13-25-21(26)14-27-17-6-2-1-3-7-17/h1-10,12,18H,11,13-14H2,(H,25,26)/t18-/m1/s1. The van der Waals surface area contributed by atoms with Crippen LogP contribution in [-0.4, -0.2) is 30.1 Å². The van der Waals surface area contributed by atoms with Crippen LogP contribution in [0.15, 0.2) is 66.9 Å². The fourth-order valence-corrected chi connectivity index (χ4v) is 3.13. The largest absolute Gasteiger partial charge is 0.485 e. The smallest absolute Gasteiger partial charge is 0.258 e. The minimum atomic E-state index is -0.417. The number of benzene rings is 2. The number of ether oxygens (including phenoxy) is 2. The monoisotopic (exact) mass is 378 g/mol. The number of para-hydroxylation sites is 1. The summed E-state index contributed by atoms with van der Waals surface area (Å²) < 4.78 is 25.6. The molecular formula is C22H19FN2O3. The summed E-state index contributed by atoms with van der Waals surface area (Å²) in [6, 6.07) is 17.9. The summed E-state index contributed by atoms with van der Waals surface area (Å²) in [7, 11) is 0. The Morgan fingerprint density at radius 1 is 1.18 bits per heavy atom. The molecule has 28 heavy (non-hydrogen) atoms. The van der Waals surface area contributed by atoms with Crippen molar-refractivity contribution in [3.05, 3.63) is 78.2 Å². The molecule has 0 saturated heterocycles. The van der Waals surface area contributed by atoms with Crippen molar-refractivity contribution in [1.29, 1.82) is 0 Å². The van der Waals surface area contributed by atoms with Crippen LogP contribution >= 0.6 is 0 Å². The third-order valence-electron chi connectivity index (χ3n) is 4.45. The highest BCUT2D eigenvalue weighted by Crippen LogP contribution is 2.35. The van der Waals surface area contributed by atoms with Crippen LogP contribution in [0.25, 0.3) is 11.3 Å². The minimum Gasteiger partial charge on any atom is -0.485 e. The van der Waals surface area contributed by atoms with Gasteiger partial charge in [0.25, 0.3) is 5.91 Å². The Balaban J connectivity index is 1.33. The van der Waals surface area contributed by atoms with Gasteiger partial charge in [0.05, 0.1) is 12.2 Å². The Morgan fingerprint density at radius 2 is 2.00 bits per heavy atom. The van der Waals surface area contributed by atoms with Gasteiger partial charge in [0.1, 0.15) is 11.9 Å². The predicted molar refractivity (Wildman–Crippen MR) is 103 cm³/mol. The molecule has 6 heteroatoms. The van der Waals surface area contributed by atoms with E-state index in [1.54, 1.807) is 18.3 Å². The number of rotatable bonds is 6. The van der Waals surface area contributed by atoms with E-state index in [2.05, 4.69) is 10.3 Å². The van der Waals surface area contributed by atoms with Crippen LogP contribution < -0.4 is 14.8 Å². The normalized spacial score (nSPS) is 14.8. The quantitative estimate of drug-likeness (QED) is 0.714. The van der Waals surface area contributed by atoms with Crippen LogP contribution in [0.5, 0.6) is 11.5 Å². The van der Waals surface area contributed by atoms with Crippen LogP contribution in [0, 0.1) is 5.82 Å². The first-order valence-corrected chi connectivity index (χ1v) is 9.04. The number of halogens is 1. The first-order valence-electron chi connectivity index (χ1n) is 9.04. The van der Waals surface area contributed by atoms with Crippen LogP contribution in [-0.2, 0) is 11.2 Å². The second-order valence-corrected chi connectivity index (χ2v) is 6.51. The summed E-state index contributed by atoms with van der Waals surface area (Å²) in [5, 5.41) is 2.77. The number of carbonyl (C=O) groups excluding carboxylic acids is 1. The highest BCUT2D eigenvalue weighted by Gasteiger charge is 2.27. The van der Waals surface area contributed by atoms with Gasteiger partial charge < -0.3 is 14.8 Å². The zero-order valence-electron chi connectivity index (χ0n) is 15.1. The molecule has 0 saturated carbocycles. The first-order chi connectivity index (χ1) is 13.7. The van der Waals surface area contributed by atoms with E-state index in [0.717, 1.165) is 5.56 Å². The Labute approximate surface area is 162 Å². The molecule has 0 radical (unpaired) electrons. The fraction of sp³-hybridized carbons (Fsp3) is 0.182. The molecule has 2 aromatic carbocycles. The van der Waals surface area contributed by atoms with Gasteiger partial charge in [-0.05, 0) is 36.4 Å². The second kappa shape index (κ2) is 8.08. The molecule has 3 aromatic rings. The second-order valence-electron chi connectivity index (χ2n) is 6.51. The van der Waals surface area contributed by atoms with Crippen molar-refractivity contribution in [3.8, 4) is 22.8 Å². The van der Waals surface area contributed by atoms with E-state index in [0.29, 0.717) is 23.4 Å². The van der Waals surface area contributed by atoms with Crippen LogP contribution in [0.1, 0.15) is 5.56 Å². The maximum absolute atomic E-state index is 14.5. The third-order valence-corrected chi connectivity index (χ3v) is 4.45. The molecular weight excluding hydrogens is 359 g/mol. The number of carbonyl (C=O) groups is 1. The summed E-state index contributed by atoms with van der Waals surface area (Å²) >= 11 is 0. The molecule has 4 rings (SSSR count). The van der Waals surface area contributed by atoms with Gasteiger partial charge in [0.15, 0.2) is 18.2 Å². The molecule has 5 nitrogen and oxygen atoms in total. The molecule has 0 spiro atoms. The molecule has 1 aliphatic heterocycles. The van der Waals surface area contributed by atoms with Crippen molar-refractivity contribution < 1.29 is 18.7 Å². The van der Waals surface area contributed by atoms with E-state index in [1.165, 1.54) is 6.07 Å². The fourth-order valence-electron chi connectivity index (χ4n) is 3.13. The van der Waals surface area contributed by atoms with Crippen molar-refractivity contribution in [3.63, 3.8) is 0 Å². The Hall–Kier alpha value is -3.41. The molecule has 142 valence electrons. The van der Waals surface area contributed by atoms with Crippen molar-refractivity contribution in [2.24, 2.45) is 0 Å². The van der Waals surface area contributed by atoms with Crippen molar-refractivity contribution in [2.45, 2.75) is 12.5 Å². The number of hydrogen-bond acceptors (Lipinski definition) is 4. The summed E-state index contributed by atoms with van der Waals surface area (Å²) in [4.78, 5) is 16.2. The van der Waals surface area contributed by atoms with E-state index in [4.69, 9.17) is 9.47 Å². The van der Waals surface area contributed by atoms with Gasteiger partial charge in [-0.3, -0.25) is 9.78 Å². The summed E-state index contributed by atoms with van der Waals surface area (Å²) in [6.07, 6.45) is 1.88. The average molecular weight is 378 g/mol. The Bertz CT molecular complexity index is 964. The molecule has 1 N–H and O–H groups in total. The van der Waals surface area contributed by atoms with Gasteiger partial charge in [-0.25, -0.2) is 4.39 Å². The topological polar surface area (TPSA) is 60.5 Å². The Morgan fingerprint density at radius 3 is 2.79 bits per heavy atom. The summed E-state index contributed by atoms with van der Waals surface area (Å²) in [5.74, 6) is 0.211. The van der Waals surface area contributed by atoms with Gasteiger partial charge in [-0.2, -0.15) is 0 Å². The van der Waals surface area contributed by atoms with E-state index < -0.39 is 5.82 Å². The zero-order chi connectivity index (χ0) is 19.3. The maximum Gasteiger partial charge on any atom is 0.258 e. The number of pyridine rings is 1. The van der Waals surface area contributed by atoms with Gasteiger partial charge >= 0.3 is 0 Å². The average Bonchev–Trinajstić information content (AvgIpc) is 3.16. The lowest BCUT2D eigenvalue weighted by atomic mass is 10.0. The molecule has 1 amide bonds. The van der Waals surface area contributed by atoms with Gasteiger partial charge in [-0.1, -0.05) is 24.3 Å². The molecule has 0 aliphatic carbocycles. The van der Waals surface area contributed by atoms with E-state index in [9.17, 15) is 9.18 Å². The lowest BCUT2D eigenvalue weighted by Gasteiger charge is -2.12. The number of nitrogens with one attached hydrogen (secondary N) is 1. The van der Waals surface area contributed by atoms with Crippen molar-refractivity contribution >= 4 is 5.91 Å². The number of fused-ring (bicyclic) bond motifs is 1. The maximum atomic E-state index is 14.5. The number of hydrogen-bond donors (Lipinski definition) is 1. The number of aromatic nitrogens is 1. The van der Waals surface area contributed by atoms with Gasteiger partial charge in [0, 0.05) is 23.7 Å². The molecule has 0 fully saturated rings. The molecule has 1 aliphatic rings. The summed E-state index contributed by atoms with van der Waals surface area (Å²) in [5.41, 5.74) is 2.20. The molecule has 0 bridgehead atoms. The highest BCUT2D eigenvalue weighted by atomic mass is 19.1. The molecule has 1 atom stereocenters. The highest BCUT2D eigenvalue weighted by molar-refractivity contribution is 5.77.